The summed E-state index contributed by atoms with van der Waals surface area (Å²) in [5.41, 5.74) is 0.0122. The molecule has 4 aliphatic rings. The molecule has 168 valence electrons. The van der Waals surface area contributed by atoms with Crippen molar-refractivity contribution in [2.45, 2.75) is 31.3 Å². The van der Waals surface area contributed by atoms with Gasteiger partial charge >= 0.3 is 0 Å². The molecule has 0 saturated carbocycles. The van der Waals surface area contributed by atoms with Gasteiger partial charge < -0.3 is 5.32 Å². The molecule has 3 saturated heterocycles. The fraction of sp³-hybridized carbons (Fsp3) is 0.348. The Hall–Kier alpha value is -3.30. The summed E-state index contributed by atoms with van der Waals surface area (Å²) < 4.78 is 0. The highest BCUT2D eigenvalue weighted by molar-refractivity contribution is 6.35. The third kappa shape index (κ3) is 2.28. The number of anilines is 2. The summed E-state index contributed by atoms with van der Waals surface area (Å²) in [6.45, 7) is 2.12. The number of amides is 3. The molecule has 0 bridgehead atoms. The summed E-state index contributed by atoms with van der Waals surface area (Å²) in [4.78, 5) is 55.3. The quantitative estimate of drug-likeness (QED) is 0.413. The van der Waals surface area contributed by atoms with Crippen molar-refractivity contribution in [2.24, 2.45) is 11.8 Å². The number of rotatable bonds is 2. The van der Waals surface area contributed by atoms with Crippen LogP contribution in [-0.2, 0) is 19.9 Å². The number of nitrogens with zero attached hydrogens (tertiary/aromatic N) is 3. The van der Waals surface area contributed by atoms with E-state index in [4.69, 9.17) is 11.6 Å². The Kier molecular flexibility index (Phi) is 4.07. The molecule has 10 heteroatoms. The average molecular weight is 467 g/mol. The molecule has 2 aromatic rings. The van der Waals surface area contributed by atoms with Gasteiger partial charge in [0, 0.05) is 17.7 Å². The van der Waals surface area contributed by atoms with Crippen LogP contribution in [0.25, 0.3) is 0 Å². The van der Waals surface area contributed by atoms with Crippen molar-refractivity contribution in [3.63, 3.8) is 0 Å². The largest absolute Gasteiger partial charge is 0.323 e. The first kappa shape index (κ1) is 20.3. The zero-order valence-electron chi connectivity index (χ0n) is 17.6. The fourth-order valence-corrected chi connectivity index (χ4v) is 6.71. The molecule has 3 amide bonds. The Bertz CT molecular complexity index is 1300. The Morgan fingerprint density at radius 2 is 1.91 bits per heavy atom. The lowest BCUT2D eigenvalue weighted by Crippen LogP contribution is -2.54. The number of para-hydroxylation sites is 1. The van der Waals surface area contributed by atoms with Crippen LogP contribution in [-0.4, -0.2) is 40.1 Å². The number of imide groups is 1. The third-order valence-electron chi connectivity index (χ3n) is 7.69. The van der Waals surface area contributed by atoms with Gasteiger partial charge in [-0.2, -0.15) is 0 Å². The van der Waals surface area contributed by atoms with E-state index in [2.05, 4.69) is 5.32 Å². The molecule has 4 aliphatic heterocycles. The topological polar surface area (TPSA) is 113 Å². The summed E-state index contributed by atoms with van der Waals surface area (Å²) in [6.07, 6.45) is 1.49. The zero-order valence-corrected chi connectivity index (χ0v) is 18.3. The molecule has 6 rings (SSSR count). The number of hydrogen-bond donors (Lipinski definition) is 1. The van der Waals surface area contributed by atoms with E-state index >= 15 is 0 Å². The molecule has 0 unspecified atom stereocenters. The summed E-state index contributed by atoms with van der Waals surface area (Å²) in [6, 6.07) is 9.27. The van der Waals surface area contributed by atoms with Gasteiger partial charge in [-0.05, 0) is 38.4 Å². The van der Waals surface area contributed by atoms with E-state index < -0.39 is 34.1 Å². The SMILES string of the molecule is Cc1c(N2C(=O)[C@H]3[C@@H](C2=O)[C@]2(C(=O)Nc4c(Cl)cccc42)N2CCC[C@@H]32)cccc1[N+](=O)[O-]. The zero-order chi connectivity index (χ0) is 23.2. The standard InChI is InChI=1S/C23H19ClN4O5/c1-11-14(7-3-8-15(11)28(32)33)27-20(29)17-16-9-4-10-26(16)23(18(17)21(27)30)12-5-2-6-13(24)19(12)25-22(23)31/h2-3,5-8,16-18H,4,9-10H2,1H3,(H,25,31)/t16-,17+,18-,23+/m0/s1. The van der Waals surface area contributed by atoms with Gasteiger partial charge in [0.2, 0.25) is 11.8 Å². The smallest absolute Gasteiger partial charge is 0.274 e. The van der Waals surface area contributed by atoms with Crippen LogP contribution >= 0.6 is 11.6 Å². The van der Waals surface area contributed by atoms with E-state index in [1.165, 1.54) is 25.1 Å². The number of hydrogen-bond acceptors (Lipinski definition) is 6. The second-order valence-electron chi connectivity index (χ2n) is 8.98. The van der Waals surface area contributed by atoms with E-state index in [9.17, 15) is 24.5 Å². The van der Waals surface area contributed by atoms with Gasteiger partial charge in [0.25, 0.3) is 11.6 Å². The molecule has 1 spiro atoms. The van der Waals surface area contributed by atoms with Crippen LogP contribution in [0.4, 0.5) is 17.1 Å². The highest BCUT2D eigenvalue weighted by Gasteiger charge is 2.74. The van der Waals surface area contributed by atoms with E-state index in [0.29, 0.717) is 29.2 Å². The molecule has 0 radical (unpaired) electrons. The maximum absolute atomic E-state index is 14.0. The van der Waals surface area contributed by atoms with Gasteiger partial charge in [-0.1, -0.05) is 29.8 Å². The van der Waals surface area contributed by atoms with Gasteiger partial charge in [0.15, 0.2) is 0 Å². The lowest BCUT2D eigenvalue weighted by atomic mass is 9.75. The van der Waals surface area contributed by atoms with E-state index in [-0.39, 0.29) is 28.9 Å². The number of carbonyl (C=O) groups excluding carboxylic acids is 3. The summed E-state index contributed by atoms with van der Waals surface area (Å²) >= 11 is 6.38. The molecule has 4 heterocycles. The van der Waals surface area contributed by atoms with Crippen LogP contribution in [0.5, 0.6) is 0 Å². The number of fused-ring (bicyclic) bond motifs is 7. The van der Waals surface area contributed by atoms with Crippen LogP contribution < -0.4 is 10.2 Å². The van der Waals surface area contributed by atoms with E-state index in [1.54, 1.807) is 18.2 Å². The second-order valence-corrected chi connectivity index (χ2v) is 9.39. The van der Waals surface area contributed by atoms with Crippen LogP contribution in [0.1, 0.15) is 24.0 Å². The van der Waals surface area contributed by atoms with Crippen LogP contribution in [0.15, 0.2) is 36.4 Å². The lowest BCUT2D eigenvalue weighted by Gasteiger charge is -2.36. The second kappa shape index (κ2) is 6.61. The average Bonchev–Trinajstić information content (AvgIpc) is 3.48. The molecule has 9 nitrogen and oxygen atoms in total. The van der Waals surface area contributed by atoms with Crippen molar-refractivity contribution >= 4 is 46.4 Å². The molecule has 4 atom stereocenters. The monoisotopic (exact) mass is 466 g/mol. The Morgan fingerprint density at radius 3 is 2.67 bits per heavy atom. The van der Waals surface area contributed by atoms with Crippen molar-refractivity contribution in [1.29, 1.82) is 0 Å². The normalized spacial score (nSPS) is 30.1. The minimum absolute atomic E-state index is 0.168. The molecular weight excluding hydrogens is 448 g/mol. The number of carbonyl (C=O) groups is 3. The van der Waals surface area contributed by atoms with Gasteiger partial charge in [0.1, 0.15) is 5.54 Å². The molecule has 1 N–H and O–H groups in total. The van der Waals surface area contributed by atoms with Crippen molar-refractivity contribution in [1.82, 2.24) is 4.90 Å². The maximum atomic E-state index is 14.0. The van der Waals surface area contributed by atoms with Gasteiger partial charge in [-0.3, -0.25) is 29.4 Å². The number of nitro groups is 1. The number of nitro benzene ring substituents is 1. The minimum atomic E-state index is -1.33. The number of halogens is 1. The molecule has 3 fully saturated rings. The lowest BCUT2D eigenvalue weighted by molar-refractivity contribution is -0.385. The third-order valence-corrected chi connectivity index (χ3v) is 8.01. The first-order chi connectivity index (χ1) is 15.8. The van der Waals surface area contributed by atoms with Crippen molar-refractivity contribution in [3.05, 3.63) is 62.7 Å². The first-order valence-electron chi connectivity index (χ1n) is 10.8. The predicted octanol–water partition coefficient (Wildman–Crippen LogP) is 2.99. The van der Waals surface area contributed by atoms with Gasteiger partial charge in [0.05, 0.1) is 38.7 Å². The highest BCUT2D eigenvalue weighted by atomic mass is 35.5. The Morgan fingerprint density at radius 1 is 1.15 bits per heavy atom. The predicted molar refractivity (Wildman–Crippen MR) is 119 cm³/mol. The molecular formula is C23H19ClN4O5. The minimum Gasteiger partial charge on any atom is -0.323 e. The van der Waals surface area contributed by atoms with Gasteiger partial charge in [-0.25, -0.2) is 4.90 Å². The van der Waals surface area contributed by atoms with Crippen LogP contribution in [0.2, 0.25) is 5.02 Å². The number of benzene rings is 2. The molecule has 0 aromatic heterocycles. The van der Waals surface area contributed by atoms with E-state index in [1.807, 2.05) is 4.90 Å². The first-order valence-corrected chi connectivity index (χ1v) is 11.2. The van der Waals surface area contributed by atoms with Gasteiger partial charge in [-0.15, -0.1) is 0 Å². The summed E-state index contributed by atoms with van der Waals surface area (Å²) in [5, 5.41) is 14.7. The Labute approximate surface area is 193 Å². The van der Waals surface area contributed by atoms with Crippen LogP contribution in [0, 0.1) is 28.9 Å². The summed E-state index contributed by atoms with van der Waals surface area (Å²) in [7, 11) is 0. The molecule has 2 aromatic carbocycles. The Balaban J connectivity index is 1.56. The molecule has 33 heavy (non-hydrogen) atoms. The number of nitrogens with one attached hydrogen (secondary N) is 1. The van der Waals surface area contributed by atoms with Crippen molar-refractivity contribution in [2.75, 3.05) is 16.8 Å². The van der Waals surface area contributed by atoms with Crippen molar-refractivity contribution < 1.29 is 19.3 Å². The van der Waals surface area contributed by atoms with Crippen molar-refractivity contribution in [3.8, 4) is 0 Å². The fourth-order valence-electron chi connectivity index (χ4n) is 6.48. The summed E-state index contributed by atoms with van der Waals surface area (Å²) in [5.74, 6) is -2.93. The van der Waals surface area contributed by atoms with E-state index in [0.717, 1.165) is 11.3 Å². The maximum Gasteiger partial charge on any atom is 0.274 e. The van der Waals surface area contributed by atoms with Crippen LogP contribution in [0.3, 0.4) is 0 Å². The highest BCUT2D eigenvalue weighted by Crippen LogP contribution is 2.61. The molecule has 0 aliphatic carbocycles.